The van der Waals surface area contributed by atoms with Crippen LogP contribution in [0.25, 0.3) is 5.69 Å². The number of nitrogens with zero attached hydrogens (tertiary/aromatic N) is 2. The molecule has 5 nitrogen and oxygen atoms in total. The molecule has 1 aromatic carbocycles. The van der Waals surface area contributed by atoms with E-state index in [-0.39, 0.29) is 5.11 Å². The summed E-state index contributed by atoms with van der Waals surface area (Å²) in [6.45, 7) is 3.82. The summed E-state index contributed by atoms with van der Waals surface area (Å²) in [5.41, 5.74) is 11.5. The van der Waals surface area contributed by atoms with E-state index in [4.69, 9.17) is 30.2 Å². The van der Waals surface area contributed by atoms with E-state index in [2.05, 4.69) is 15.5 Å². The van der Waals surface area contributed by atoms with Gasteiger partial charge in [0.05, 0.1) is 11.4 Å². The van der Waals surface area contributed by atoms with Gasteiger partial charge in [0.1, 0.15) is 0 Å². The first-order valence-electron chi connectivity index (χ1n) is 5.98. The average molecular weight is 305 g/mol. The smallest absolute Gasteiger partial charge is 0.184 e. The summed E-state index contributed by atoms with van der Waals surface area (Å²) in [6, 6.07) is 9.86. The molecule has 104 valence electrons. The number of nitrogens with two attached hydrogens (primary N) is 1. The van der Waals surface area contributed by atoms with Gasteiger partial charge in [-0.25, -0.2) is 0 Å². The molecule has 0 saturated heterocycles. The lowest BCUT2D eigenvalue weighted by Crippen LogP contribution is -2.25. The van der Waals surface area contributed by atoms with Crippen LogP contribution in [0.15, 0.2) is 35.4 Å². The fourth-order valence-corrected chi connectivity index (χ4v) is 2.39. The molecule has 0 atom stereocenters. The van der Waals surface area contributed by atoms with Crippen LogP contribution >= 0.6 is 24.4 Å². The molecule has 7 heteroatoms. The molecule has 0 amide bonds. The van der Waals surface area contributed by atoms with E-state index in [1.165, 1.54) is 0 Å². The van der Waals surface area contributed by atoms with Crippen molar-refractivity contribution >= 4 is 35.3 Å². The van der Waals surface area contributed by atoms with Crippen LogP contribution in [0.4, 0.5) is 0 Å². The third-order valence-electron chi connectivity index (χ3n) is 2.77. The predicted molar refractivity (Wildman–Crippen MR) is 87.8 cm³/mol. The van der Waals surface area contributed by atoms with Crippen LogP contribution in [0.3, 0.4) is 0 Å². The Morgan fingerprint density at radius 2 is 2.00 bits per heavy atom. The summed E-state index contributed by atoms with van der Waals surface area (Å²) in [7, 11) is 0. The van der Waals surface area contributed by atoms with E-state index in [0.717, 1.165) is 22.8 Å². The van der Waals surface area contributed by atoms with Gasteiger partial charge in [0.25, 0.3) is 0 Å². The van der Waals surface area contributed by atoms with Crippen molar-refractivity contribution in [2.24, 2.45) is 10.8 Å². The highest BCUT2D eigenvalue weighted by atomic mass is 32.1. The number of aryl methyl sites for hydroxylation is 1. The third-order valence-corrected chi connectivity index (χ3v) is 3.14. The first kappa shape index (κ1) is 14.4. The van der Waals surface area contributed by atoms with Gasteiger partial charge in [0.15, 0.2) is 9.88 Å². The van der Waals surface area contributed by atoms with Gasteiger partial charge in [-0.05, 0) is 50.4 Å². The van der Waals surface area contributed by atoms with E-state index < -0.39 is 0 Å². The second kappa shape index (κ2) is 5.98. The number of hydrogen-bond acceptors (Lipinski definition) is 3. The molecule has 0 radical (unpaired) electrons. The quantitative estimate of drug-likeness (QED) is 0.462. The fraction of sp³-hybridized carbons (Fsp3) is 0.154. The number of imidazole rings is 1. The van der Waals surface area contributed by atoms with Crippen LogP contribution in [0, 0.1) is 11.7 Å². The van der Waals surface area contributed by atoms with Crippen LogP contribution in [0.2, 0.25) is 0 Å². The highest BCUT2D eigenvalue weighted by Gasteiger charge is 2.13. The topological polar surface area (TPSA) is 71.1 Å². The van der Waals surface area contributed by atoms with E-state index in [9.17, 15) is 0 Å². The van der Waals surface area contributed by atoms with Crippen LogP contribution in [0.1, 0.15) is 18.3 Å². The van der Waals surface area contributed by atoms with Gasteiger partial charge in [0, 0.05) is 11.4 Å². The molecule has 2 aromatic rings. The second-order valence-corrected chi connectivity index (χ2v) is 5.07. The Hall–Kier alpha value is -1.99. The normalized spacial score (nSPS) is 11.4. The molecule has 1 aromatic heterocycles. The number of aromatic amines is 1. The maximum absolute atomic E-state index is 5.39. The molecule has 0 aliphatic heterocycles. The summed E-state index contributed by atoms with van der Waals surface area (Å²) in [5.74, 6) is 0. The Morgan fingerprint density at radius 3 is 2.60 bits per heavy atom. The van der Waals surface area contributed by atoms with Crippen molar-refractivity contribution in [1.29, 1.82) is 0 Å². The van der Waals surface area contributed by atoms with E-state index in [0.29, 0.717) is 4.77 Å². The monoisotopic (exact) mass is 305 g/mol. The minimum atomic E-state index is 0.127. The predicted octanol–water partition coefficient (Wildman–Crippen LogP) is 2.40. The number of nitrogens with one attached hydrogen (secondary N) is 2. The zero-order valence-electron chi connectivity index (χ0n) is 11.2. The number of hydrazone groups is 1. The lowest BCUT2D eigenvalue weighted by molar-refractivity contribution is 0.990. The summed E-state index contributed by atoms with van der Waals surface area (Å²) in [6.07, 6.45) is 0. The van der Waals surface area contributed by atoms with Gasteiger partial charge < -0.3 is 10.7 Å². The molecule has 1 heterocycles. The first-order valence-corrected chi connectivity index (χ1v) is 6.79. The molecule has 0 aliphatic rings. The standard InChI is InChI=1S/C13H15N5S2/c1-8-11(9(2)16-17-12(14)19)18(13(20)15-8)10-6-4-3-5-7-10/h3-7H,1-2H3,(H,15,20)(H3,14,17,19)/b16-9+. The number of benzene rings is 1. The van der Waals surface area contributed by atoms with Gasteiger partial charge >= 0.3 is 0 Å². The van der Waals surface area contributed by atoms with E-state index >= 15 is 0 Å². The maximum atomic E-state index is 5.39. The molecule has 0 saturated carbocycles. The van der Waals surface area contributed by atoms with Crippen LogP contribution < -0.4 is 11.2 Å². The minimum absolute atomic E-state index is 0.127. The summed E-state index contributed by atoms with van der Waals surface area (Å²) < 4.78 is 2.55. The molecule has 2 rings (SSSR count). The van der Waals surface area contributed by atoms with Gasteiger partial charge in [-0.15, -0.1) is 0 Å². The fourth-order valence-electron chi connectivity index (χ4n) is 1.99. The Morgan fingerprint density at radius 1 is 1.35 bits per heavy atom. The van der Waals surface area contributed by atoms with Crippen molar-refractivity contribution in [2.45, 2.75) is 13.8 Å². The summed E-state index contributed by atoms with van der Waals surface area (Å²) in [4.78, 5) is 3.15. The molecular formula is C13H15N5S2. The highest BCUT2D eigenvalue weighted by Crippen LogP contribution is 2.16. The summed E-state index contributed by atoms with van der Waals surface area (Å²) >= 11 is 10.1. The maximum Gasteiger partial charge on any atom is 0.184 e. The average Bonchev–Trinajstić information content (AvgIpc) is 2.71. The Bertz CT molecular complexity index is 712. The molecule has 20 heavy (non-hydrogen) atoms. The van der Waals surface area contributed by atoms with E-state index in [1.54, 1.807) is 0 Å². The van der Waals surface area contributed by atoms with Gasteiger partial charge in [-0.2, -0.15) is 5.10 Å². The molecule has 0 bridgehead atoms. The van der Waals surface area contributed by atoms with Crippen molar-refractivity contribution < 1.29 is 0 Å². The lowest BCUT2D eigenvalue weighted by atomic mass is 10.2. The second-order valence-electron chi connectivity index (χ2n) is 4.25. The third kappa shape index (κ3) is 2.94. The number of para-hydroxylation sites is 1. The lowest BCUT2D eigenvalue weighted by Gasteiger charge is -2.09. The molecule has 0 unspecified atom stereocenters. The van der Waals surface area contributed by atoms with Crippen LogP contribution in [-0.2, 0) is 0 Å². The molecular weight excluding hydrogens is 290 g/mol. The van der Waals surface area contributed by atoms with Crippen LogP contribution in [-0.4, -0.2) is 20.4 Å². The number of thiocarbonyl (C=S) groups is 1. The first-order chi connectivity index (χ1) is 9.50. The Balaban J connectivity index is 2.57. The number of rotatable bonds is 3. The van der Waals surface area contributed by atoms with Crippen molar-refractivity contribution in [3.63, 3.8) is 0 Å². The van der Waals surface area contributed by atoms with Gasteiger partial charge in [-0.3, -0.25) is 9.99 Å². The van der Waals surface area contributed by atoms with Crippen LogP contribution in [0.5, 0.6) is 0 Å². The van der Waals surface area contributed by atoms with Crippen molar-refractivity contribution in [3.05, 3.63) is 46.5 Å². The minimum Gasteiger partial charge on any atom is -0.375 e. The molecule has 0 spiro atoms. The van der Waals surface area contributed by atoms with Crippen molar-refractivity contribution in [3.8, 4) is 5.69 Å². The van der Waals surface area contributed by atoms with Crippen molar-refractivity contribution in [2.75, 3.05) is 0 Å². The molecule has 0 aliphatic carbocycles. The zero-order valence-corrected chi connectivity index (χ0v) is 12.8. The number of aromatic nitrogens is 2. The largest absolute Gasteiger partial charge is 0.375 e. The Labute approximate surface area is 127 Å². The SMILES string of the molecule is C/C(=N\NC(N)=S)c1c(C)[nH]c(=S)n1-c1ccccc1. The highest BCUT2D eigenvalue weighted by molar-refractivity contribution is 7.80. The molecule has 0 fully saturated rings. The van der Waals surface area contributed by atoms with E-state index in [1.807, 2.05) is 48.7 Å². The van der Waals surface area contributed by atoms with Gasteiger partial charge in [-0.1, -0.05) is 18.2 Å². The zero-order chi connectivity index (χ0) is 14.7. The van der Waals surface area contributed by atoms with Crippen molar-refractivity contribution in [1.82, 2.24) is 15.0 Å². The number of H-pyrrole nitrogens is 1. The number of hydrogen-bond donors (Lipinski definition) is 3. The Kier molecular flexibility index (Phi) is 4.31. The summed E-state index contributed by atoms with van der Waals surface area (Å²) in [5, 5.41) is 4.29. The molecule has 4 N–H and O–H groups in total. The van der Waals surface area contributed by atoms with Gasteiger partial charge in [0.2, 0.25) is 0 Å².